The van der Waals surface area contributed by atoms with E-state index in [0.29, 0.717) is 28.5 Å². The third kappa shape index (κ3) is 2.95. The Bertz CT molecular complexity index is 1570. The molecule has 154 valence electrons. The van der Waals surface area contributed by atoms with E-state index in [2.05, 4.69) is 30.1 Å². The fourth-order valence-electron chi connectivity index (χ4n) is 3.63. The van der Waals surface area contributed by atoms with Gasteiger partial charge in [0.2, 0.25) is 0 Å². The molecule has 0 spiro atoms. The molecule has 0 aliphatic rings. The van der Waals surface area contributed by atoms with Crippen LogP contribution >= 0.6 is 0 Å². The van der Waals surface area contributed by atoms with Gasteiger partial charge in [0.05, 0.1) is 35.7 Å². The second kappa shape index (κ2) is 7.24. The SMILES string of the molecule is COc1cncc(-c2ccc3[nH]nc(-c4nc5c(-c6ccccn6)nccc5[nH]4)c3n2)c1. The van der Waals surface area contributed by atoms with Gasteiger partial charge in [0.1, 0.15) is 22.5 Å². The average Bonchev–Trinajstić information content (AvgIpc) is 3.48. The quantitative estimate of drug-likeness (QED) is 0.442. The third-order valence-corrected chi connectivity index (χ3v) is 5.19. The maximum atomic E-state index is 5.29. The third-order valence-electron chi connectivity index (χ3n) is 5.19. The summed E-state index contributed by atoms with van der Waals surface area (Å²) in [6.07, 6.45) is 6.89. The van der Waals surface area contributed by atoms with Crippen molar-refractivity contribution in [2.45, 2.75) is 0 Å². The number of pyridine rings is 4. The van der Waals surface area contributed by atoms with E-state index >= 15 is 0 Å². The van der Waals surface area contributed by atoms with E-state index in [4.69, 9.17) is 14.7 Å². The molecule has 6 aromatic heterocycles. The summed E-state index contributed by atoms with van der Waals surface area (Å²) < 4.78 is 5.29. The molecule has 0 saturated carbocycles. The van der Waals surface area contributed by atoms with Gasteiger partial charge in [0.15, 0.2) is 11.5 Å². The molecule has 0 amide bonds. The Hall–Kier alpha value is -4.66. The van der Waals surface area contributed by atoms with Crippen LogP contribution in [0, 0.1) is 0 Å². The minimum atomic E-state index is 0.602. The first-order valence-electron chi connectivity index (χ1n) is 9.91. The molecule has 6 aromatic rings. The Labute approximate surface area is 181 Å². The van der Waals surface area contributed by atoms with Crippen LogP contribution in [-0.2, 0) is 0 Å². The summed E-state index contributed by atoms with van der Waals surface area (Å²) in [6.45, 7) is 0. The number of hydrogen-bond acceptors (Lipinski definition) is 7. The number of nitrogens with zero attached hydrogens (tertiary/aromatic N) is 6. The van der Waals surface area contributed by atoms with E-state index < -0.39 is 0 Å². The predicted octanol–water partition coefficient (Wildman–Crippen LogP) is 4.03. The van der Waals surface area contributed by atoms with E-state index in [1.807, 2.05) is 42.5 Å². The van der Waals surface area contributed by atoms with Crippen LogP contribution < -0.4 is 4.74 Å². The van der Waals surface area contributed by atoms with E-state index in [0.717, 1.165) is 33.5 Å². The number of rotatable bonds is 4. The van der Waals surface area contributed by atoms with Crippen molar-refractivity contribution in [3.8, 4) is 39.9 Å². The molecule has 9 heteroatoms. The van der Waals surface area contributed by atoms with Gasteiger partial charge < -0.3 is 9.72 Å². The second-order valence-corrected chi connectivity index (χ2v) is 7.13. The van der Waals surface area contributed by atoms with Crippen molar-refractivity contribution < 1.29 is 4.74 Å². The van der Waals surface area contributed by atoms with Crippen LogP contribution in [0.3, 0.4) is 0 Å². The lowest BCUT2D eigenvalue weighted by Gasteiger charge is -2.03. The molecule has 0 unspecified atom stereocenters. The Morgan fingerprint density at radius 2 is 1.75 bits per heavy atom. The number of ether oxygens (including phenoxy) is 1. The van der Waals surface area contributed by atoms with E-state index in [1.165, 1.54) is 0 Å². The van der Waals surface area contributed by atoms with Gasteiger partial charge in [-0.1, -0.05) is 6.07 Å². The van der Waals surface area contributed by atoms with Crippen molar-refractivity contribution in [2.75, 3.05) is 7.11 Å². The Balaban J connectivity index is 1.50. The molecule has 2 N–H and O–H groups in total. The minimum Gasteiger partial charge on any atom is -0.495 e. The van der Waals surface area contributed by atoms with Crippen molar-refractivity contribution in [3.05, 3.63) is 67.3 Å². The number of hydrogen-bond donors (Lipinski definition) is 2. The second-order valence-electron chi connectivity index (χ2n) is 7.13. The van der Waals surface area contributed by atoms with Crippen molar-refractivity contribution >= 4 is 22.1 Å². The normalized spacial score (nSPS) is 11.3. The molecule has 0 radical (unpaired) electrons. The van der Waals surface area contributed by atoms with Gasteiger partial charge >= 0.3 is 0 Å². The molecule has 0 saturated heterocycles. The highest BCUT2D eigenvalue weighted by Crippen LogP contribution is 2.30. The standard InChI is InChI=1S/C23H16N8O/c1-32-14-10-13(11-24-12-14)15-5-6-18-21(27-15)22(31-30-18)23-28-17-7-9-26-19(20(17)29-23)16-4-2-3-8-25-16/h2-12H,1H3,(H,28,29)(H,30,31). The topological polar surface area (TPSA) is 118 Å². The van der Waals surface area contributed by atoms with Gasteiger partial charge in [0.25, 0.3) is 0 Å². The van der Waals surface area contributed by atoms with Crippen LogP contribution in [0.5, 0.6) is 5.75 Å². The first-order valence-corrected chi connectivity index (χ1v) is 9.91. The van der Waals surface area contributed by atoms with Crippen molar-refractivity contribution in [2.24, 2.45) is 0 Å². The molecule has 0 bridgehead atoms. The summed E-state index contributed by atoms with van der Waals surface area (Å²) in [5.74, 6) is 1.27. The van der Waals surface area contributed by atoms with E-state index in [9.17, 15) is 0 Å². The van der Waals surface area contributed by atoms with Crippen molar-refractivity contribution in [1.29, 1.82) is 0 Å². The van der Waals surface area contributed by atoms with Gasteiger partial charge in [0, 0.05) is 24.2 Å². The number of H-pyrrole nitrogens is 2. The fraction of sp³-hybridized carbons (Fsp3) is 0.0435. The molecule has 0 aromatic carbocycles. The lowest BCUT2D eigenvalue weighted by Crippen LogP contribution is -1.90. The maximum Gasteiger partial charge on any atom is 0.161 e. The zero-order chi connectivity index (χ0) is 21.5. The highest BCUT2D eigenvalue weighted by Gasteiger charge is 2.17. The number of fused-ring (bicyclic) bond motifs is 2. The summed E-state index contributed by atoms with van der Waals surface area (Å²) >= 11 is 0. The molecule has 0 fully saturated rings. The summed E-state index contributed by atoms with van der Waals surface area (Å²) in [7, 11) is 1.61. The molecular weight excluding hydrogens is 404 g/mol. The highest BCUT2D eigenvalue weighted by atomic mass is 16.5. The van der Waals surface area contributed by atoms with Gasteiger partial charge in [-0.3, -0.25) is 20.1 Å². The van der Waals surface area contributed by atoms with Crippen LogP contribution in [0.2, 0.25) is 0 Å². The highest BCUT2D eigenvalue weighted by molar-refractivity contribution is 5.94. The fourth-order valence-corrected chi connectivity index (χ4v) is 3.63. The molecule has 0 aliphatic carbocycles. The Morgan fingerprint density at radius 1 is 0.812 bits per heavy atom. The predicted molar refractivity (Wildman–Crippen MR) is 120 cm³/mol. The molecule has 32 heavy (non-hydrogen) atoms. The van der Waals surface area contributed by atoms with E-state index in [-0.39, 0.29) is 0 Å². The van der Waals surface area contributed by atoms with Gasteiger partial charge in [-0.05, 0) is 36.4 Å². The monoisotopic (exact) mass is 420 g/mol. The number of methoxy groups -OCH3 is 1. The van der Waals surface area contributed by atoms with Crippen LogP contribution in [0.4, 0.5) is 0 Å². The van der Waals surface area contributed by atoms with Crippen molar-refractivity contribution in [3.63, 3.8) is 0 Å². The van der Waals surface area contributed by atoms with Crippen LogP contribution in [0.1, 0.15) is 0 Å². The van der Waals surface area contributed by atoms with Gasteiger partial charge in [-0.25, -0.2) is 9.97 Å². The average molecular weight is 420 g/mol. The summed E-state index contributed by atoms with van der Waals surface area (Å²) in [6, 6.07) is 13.4. The van der Waals surface area contributed by atoms with Gasteiger partial charge in [-0.15, -0.1) is 0 Å². The molecule has 6 rings (SSSR count). The first kappa shape index (κ1) is 18.1. The number of imidazole rings is 1. The van der Waals surface area contributed by atoms with Crippen molar-refractivity contribution in [1.82, 2.24) is 40.1 Å². The lowest BCUT2D eigenvalue weighted by atomic mass is 10.1. The van der Waals surface area contributed by atoms with Crippen LogP contribution in [-0.4, -0.2) is 47.2 Å². The van der Waals surface area contributed by atoms with E-state index in [1.54, 1.807) is 31.9 Å². The number of nitrogens with one attached hydrogen (secondary N) is 2. The van der Waals surface area contributed by atoms with Gasteiger partial charge in [-0.2, -0.15) is 5.10 Å². The molecule has 0 aliphatic heterocycles. The first-order chi connectivity index (χ1) is 15.8. The Kier molecular flexibility index (Phi) is 4.10. The largest absolute Gasteiger partial charge is 0.495 e. The Morgan fingerprint density at radius 3 is 2.62 bits per heavy atom. The zero-order valence-electron chi connectivity index (χ0n) is 16.9. The summed E-state index contributed by atoms with van der Waals surface area (Å²) in [4.78, 5) is 26.1. The molecule has 9 nitrogen and oxygen atoms in total. The minimum absolute atomic E-state index is 0.602. The van der Waals surface area contributed by atoms with Crippen LogP contribution in [0.25, 0.3) is 56.2 Å². The molecule has 6 heterocycles. The van der Waals surface area contributed by atoms with Crippen LogP contribution in [0.15, 0.2) is 67.3 Å². The lowest BCUT2D eigenvalue weighted by molar-refractivity contribution is 0.413. The number of aromatic nitrogens is 8. The summed E-state index contributed by atoms with van der Waals surface area (Å²) in [5, 5.41) is 7.51. The summed E-state index contributed by atoms with van der Waals surface area (Å²) in [5.41, 5.74) is 6.80. The number of aromatic amines is 2. The molecule has 0 atom stereocenters. The molecular formula is C23H16N8O. The smallest absolute Gasteiger partial charge is 0.161 e. The zero-order valence-corrected chi connectivity index (χ0v) is 16.9. The maximum absolute atomic E-state index is 5.29.